The first-order valence-electron chi connectivity index (χ1n) is 12.0. The Morgan fingerprint density at radius 1 is 1.00 bits per heavy atom. The van der Waals surface area contributed by atoms with Gasteiger partial charge in [-0.1, -0.05) is 13.8 Å². The van der Waals surface area contributed by atoms with Crippen molar-refractivity contribution in [2.24, 2.45) is 33.8 Å². The maximum Gasteiger partial charge on any atom is 0.326 e. The number of guanidine groups is 1. The quantitative estimate of drug-likeness (QED) is 0.0543. The molecule has 4 atom stereocenters. The van der Waals surface area contributed by atoms with Crippen LogP contribution in [0.3, 0.4) is 0 Å². The molecule has 0 bridgehead atoms. The van der Waals surface area contributed by atoms with Crippen LogP contribution in [0.15, 0.2) is 17.5 Å². The Kier molecular flexibility index (Phi) is 13.2. The van der Waals surface area contributed by atoms with Crippen LogP contribution in [-0.4, -0.2) is 81.3 Å². The van der Waals surface area contributed by atoms with E-state index in [0.29, 0.717) is 5.69 Å². The molecule has 0 aliphatic carbocycles. The van der Waals surface area contributed by atoms with Gasteiger partial charge in [-0.25, -0.2) is 9.78 Å². The van der Waals surface area contributed by atoms with Crippen molar-refractivity contribution in [2.75, 3.05) is 6.54 Å². The van der Waals surface area contributed by atoms with Crippen LogP contribution in [0.2, 0.25) is 0 Å². The molecule has 1 rings (SSSR count). The summed E-state index contributed by atoms with van der Waals surface area (Å²) in [6.45, 7) is 3.54. The number of carbonyl (C=O) groups is 5. The number of H-pyrrole nitrogens is 1. The van der Waals surface area contributed by atoms with Crippen molar-refractivity contribution < 1.29 is 29.1 Å². The van der Waals surface area contributed by atoms with Gasteiger partial charge in [0.2, 0.25) is 23.6 Å². The molecular weight excluding hydrogens is 500 g/mol. The Labute approximate surface area is 219 Å². The zero-order valence-corrected chi connectivity index (χ0v) is 21.5. The molecule has 1 aromatic heterocycles. The number of carboxylic acid groups (broad SMARTS) is 1. The summed E-state index contributed by atoms with van der Waals surface area (Å²) in [6.07, 6.45) is 3.03. The molecule has 0 spiro atoms. The number of imidazole rings is 1. The molecule has 4 amide bonds. The maximum absolute atomic E-state index is 13.1. The number of nitrogens with zero attached hydrogens (tertiary/aromatic N) is 2. The molecule has 212 valence electrons. The summed E-state index contributed by atoms with van der Waals surface area (Å²) in [5, 5.41) is 17.1. The molecule has 16 nitrogen and oxygen atoms in total. The van der Waals surface area contributed by atoms with Gasteiger partial charge in [0.1, 0.15) is 18.1 Å². The fourth-order valence-electron chi connectivity index (χ4n) is 3.34. The van der Waals surface area contributed by atoms with E-state index in [9.17, 15) is 29.1 Å². The number of aromatic amines is 1. The van der Waals surface area contributed by atoms with Gasteiger partial charge in [0.25, 0.3) is 0 Å². The zero-order chi connectivity index (χ0) is 28.8. The van der Waals surface area contributed by atoms with Gasteiger partial charge in [-0.3, -0.25) is 24.2 Å². The predicted molar refractivity (Wildman–Crippen MR) is 137 cm³/mol. The molecule has 0 fully saturated rings. The van der Waals surface area contributed by atoms with Crippen LogP contribution in [0.5, 0.6) is 0 Å². The molecule has 0 aliphatic rings. The molecule has 38 heavy (non-hydrogen) atoms. The molecule has 0 saturated heterocycles. The number of hydrogen-bond donors (Lipinski definition) is 9. The third kappa shape index (κ3) is 11.7. The Hall–Kier alpha value is -4.21. The van der Waals surface area contributed by atoms with Gasteiger partial charge in [-0.15, -0.1) is 0 Å². The highest BCUT2D eigenvalue weighted by atomic mass is 16.4. The van der Waals surface area contributed by atoms with Crippen molar-refractivity contribution in [3.8, 4) is 0 Å². The Morgan fingerprint density at radius 2 is 1.66 bits per heavy atom. The maximum atomic E-state index is 13.1. The van der Waals surface area contributed by atoms with Crippen LogP contribution in [0.25, 0.3) is 0 Å². The van der Waals surface area contributed by atoms with E-state index in [1.165, 1.54) is 12.5 Å². The summed E-state index contributed by atoms with van der Waals surface area (Å²) in [5.74, 6) is -4.53. The van der Waals surface area contributed by atoms with Crippen LogP contribution in [0, 0.1) is 5.92 Å². The van der Waals surface area contributed by atoms with E-state index in [0.717, 1.165) is 0 Å². The first-order valence-corrected chi connectivity index (χ1v) is 12.0. The fraction of sp³-hybridized carbons (Fsp3) is 0.591. The van der Waals surface area contributed by atoms with Gasteiger partial charge in [0.15, 0.2) is 5.96 Å². The topological polar surface area (TPSA) is 287 Å². The van der Waals surface area contributed by atoms with E-state index in [-0.39, 0.29) is 44.6 Å². The summed E-state index contributed by atoms with van der Waals surface area (Å²) >= 11 is 0. The van der Waals surface area contributed by atoms with Gasteiger partial charge in [0, 0.05) is 31.3 Å². The highest BCUT2D eigenvalue weighted by Crippen LogP contribution is 2.07. The standard InChI is InChI=1S/C22H38N10O6/c1-11(2)17(32-18(34)13(23)5-6-16(24)33)20(36)31-15(8-12-9-27-10-29-12)19(35)30-14(21(37)38)4-3-7-28-22(25)26/h9-11,13-15,17H,3-8,23H2,1-2H3,(H2,24,33)(H,27,29)(H,30,35)(H,31,36)(H,32,34)(H,37,38)(H4,25,26,28)/t13-,14-,15-,17-/m0/s1. The highest BCUT2D eigenvalue weighted by Gasteiger charge is 2.32. The lowest BCUT2D eigenvalue weighted by Crippen LogP contribution is -2.59. The normalized spacial score (nSPS) is 14.0. The summed E-state index contributed by atoms with van der Waals surface area (Å²) < 4.78 is 0. The van der Waals surface area contributed by atoms with E-state index in [1.807, 2.05) is 0 Å². The van der Waals surface area contributed by atoms with Gasteiger partial charge in [0.05, 0.1) is 12.4 Å². The van der Waals surface area contributed by atoms with Crippen molar-refractivity contribution in [1.82, 2.24) is 25.9 Å². The third-order valence-corrected chi connectivity index (χ3v) is 5.46. The van der Waals surface area contributed by atoms with Crippen molar-refractivity contribution in [3.63, 3.8) is 0 Å². The van der Waals surface area contributed by atoms with Crippen molar-refractivity contribution in [3.05, 3.63) is 18.2 Å². The Morgan fingerprint density at radius 3 is 2.18 bits per heavy atom. The number of carboxylic acids is 1. The average Bonchev–Trinajstić information content (AvgIpc) is 3.34. The van der Waals surface area contributed by atoms with E-state index in [1.54, 1.807) is 13.8 Å². The van der Waals surface area contributed by atoms with Gasteiger partial charge in [-0.05, 0) is 25.2 Å². The minimum Gasteiger partial charge on any atom is -0.480 e. The van der Waals surface area contributed by atoms with Crippen LogP contribution < -0.4 is 38.9 Å². The minimum absolute atomic E-state index is 0.00177. The minimum atomic E-state index is -1.27. The van der Waals surface area contributed by atoms with E-state index in [2.05, 4.69) is 30.9 Å². The second-order valence-corrected chi connectivity index (χ2v) is 9.03. The van der Waals surface area contributed by atoms with E-state index in [4.69, 9.17) is 22.9 Å². The van der Waals surface area contributed by atoms with Crippen LogP contribution in [0.4, 0.5) is 0 Å². The number of amides is 4. The largest absolute Gasteiger partial charge is 0.480 e. The second kappa shape index (κ2) is 15.8. The number of rotatable bonds is 17. The van der Waals surface area contributed by atoms with Crippen molar-refractivity contribution in [2.45, 2.75) is 70.1 Å². The van der Waals surface area contributed by atoms with E-state index >= 15 is 0 Å². The third-order valence-electron chi connectivity index (χ3n) is 5.46. The Balaban J connectivity index is 2.98. The lowest BCUT2D eigenvalue weighted by molar-refractivity contribution is -0.142. The smallest absolute Gasteiger partial charge is 0.326 e. The average molecular weight is 539 g/mol. The van der Waals surface area contributed by atoms with Crippen LogP contribution in [0.1, 0.15) is 45.2 Å². The molecule has 1 heterocycles. The monoisotopic (exact) mass is 538 g/mol. The number of aliphatic carboxylic acids is 1. The number of nitrogens with one attached hydrogen (secondary N) is 4. The Bertz CT molecular complexity index is 977. The molecule has 0 aromatic carbocycles. The van der Waals surface area contributed by atoms with Crippen LogP contribution >= 0.6 is 0 Å². The number of nitrogens with two attached hydrogens (primary N) is 4. The first kappa shape index (κ1) is 31.8. The second-order valence-electron chi connectivity index (χ2n) is 9.03. The number of carbonyl (C=O) groups excluding carboxylic acids is 4. The number of primary amides is 1. The molecule has 1 aromatic rings. The summed E-state index contributed by atoms with van der Waals surface area (Å²) in [6, 6.07) is -4.61. The van der Waals surface area contributed by atoms with E-state index < -0.39 is 59.7 Å². The predicted octanol–water partition coefficient (Wildman–Crippen LogP) is -3.21. The van der Waals surface area contributed by atoms with Gasteiger partial charge in [-0.2, -0.15) is 0 Å². The number of hydrogen-bond acceptors (Lipinski definition) is 8. The van der Waals surface area contributed by atoms with Crippen molar-refractivity contribution in [1.29, 1.82) is 0 Å². The SMILES string of the molecule is CC(C)[C@H](NC(=O)[C@@H](N)CCC(N)=O)C(=O)N[C@@H](Cc1cnc[nH]1)C(=O)N[C@@H](CCCN=C(N)N)C(=O)O. The number of aromatic nitrogens is 2. The lowest BCUT2D eigenvalue weighted by Gasteiger charge is -2.27. The van der Waals surface area contributed by atoms with Crippen LogP contribution in [-0.2, 0) is 30.4 Å². The lowest BCUT2D eigenvalue weighted by atomic mass is 10.0. The molecule has 0 saturated carbocycles. The fourth-order valence-corrected chi connectivity index (χ4v) is 3.34. The van der Waals surface area contributed by atoms with Gasteiger partial charge >= 0.3 is 5.97 Å². The summed E-state index contributed by atoms with van der Waals surface area (Å²) in [4.78, 5) is 71.9. The first-order chi connectivity index (χ1) is 17.8. The molecule has 13 N–H and O–H groups in total. The molecule has 0 unspecified atom stereocenters. The highest BCUT2D eigenvalue weighted by molar-refractivity contribution is 5.94. The molecular formula is C22H38N10O6. The summed E-state index contributed by atoms with van der Waals surface area (Å²) in [7, 11) is 0. The molecule has 16 heteroatoms. The van der Waals surface area contributed by atoms with Gasteiger partial charge < -0.3 is 49.0 Å². The zero-order valence-electron chi connectivity index (χ0n) is 21.5. The molecule has 0 aliphatic heterocycles. The van der Waals surface area contributed by atoms with Crippen molar-refractivity contribution >= 4 is 35.6 Å². The number of aliphatic imine (C=N–C) groups is 1. The molecule has 0 radical (unpaired) electrons. The summed E-state index contributed by atoms with van der Waals surface area (Å²) in [5.41, 5.74) is 21.9.